The predicted octanol–water partition coefficient (Wildman–Crippen LogP) is 6.03. The van der Waals surface area contributed by atoms with Crippen molar-refractivity contribution in [3.05, 3.63) is 110 Å². The van der Waals surface area contributed by atoms with Gasteiger partial charge >= 0.3 is 0 Å². The molecule has 0 aliphatic rings. The van der Waals surface area contributed by atoms with Crippen molar-refractivity contribution in [1.29, 1.82) is 0 Å². The van der Waals surface area contributed by atoms with E-state index in [0.717, 1.165) is 22.5 Å². The zero-order valence-electron chi connectivity index (χ0n) is 16.2. The van der Waals surface area contributed by atoms with Crippen molar-refractivity contribution in [3.63, 3.8) is 0 Å². The average molecular weight is 386 g/mol. The van der Waals surface area contributed by atoms with Crippen LogP contribution in [0.1, 0.15) is 0 Å². The molecule has 6 rings (SSSR count). The molecule has 0 fully saturated rings. The second kappa shape index (κ2) is 6.71. The number of rotatable bonds is 3. The number of hydrogen-bond donors (Lipinski definition) is 0. The third-order valence-electron chi connectivity index (χ3n) is 5.57. The van der Waals surface area contributed by atoms with Crippen LogP contribution in [0.5, 0.6) is 0 Å². The van der Waals surface area contributed by atoms with Crippen LogP contribution < -0.4 is 0 Å². The molecule has 0 saturated carbocycles. The maximum Gasteiger partial charge on any atom is 0.0731 e. The summed E-state index contributed by atoms with van der Waals surface area (Å²) < 4.78 is 3.88. The second-order valence-corrected chi connectivity index (χ2v) is 7.26. The van der Waals surface area contributed by atoms with Crippen LogP contribution in [0.4, 0.5) is 0 Å². The second-order valence-electron chi connectivity index (χ2n) is 7.26. The quantitative estimate of drug-likeness (QED) is 0.372. The van der Waals surface area contributed by atoms with Crippen LogP contribution in [0.15, 0.2) is 110 Å². The highest BCUT2D eigenvalue weighted by Crippen LogP contribution is 2.41. The smallest absolute Gasteiger partial charge is 0.0731 e. The van der Waals surface area contributed by atoms with E-state index in [1.54, 1.807) is 0 Å². The number of nitrogens with zero attached hydrogens (tertiary/aromatic N) is 4. The van der Waals surface area contributed by atoms with Gasteiger partial charge in [0.2, 0.25) is 0 Å². The van der Waals surface area contributed by atoms with Gasteiger partial charge in [0.1, 0.15) is 0 Å². The number of hydrogen-bond acceptors (Lipinski definition) is 2. The SMILES string of the molecule is c1ccc2c(-c3c(-n4cccn4)ccc4ccccc34)c(-n3cccn3)ccc2c1. The van der Waals surface area contributed by atoms with Crippen molar-refractivity contribution in [3.8, 4) is 22.5 Å². The molecular weight excluding hydrogens is 368 g/mol. The zero-order chi connectivity index (χ0) is 19.9. The van der Waals surface area contributed by atoms with Crippen LogP contribution in [0.3, 0.4) is 0 Å². The first-order valence-corrected chi connectivity index (χ1v) is 9.94. The Bertz CT molecular complexity index is 1360. The molecule has 142 valence electrons. The minimum Gasteiger partial charge on any atom is -0.240 e. The van der Waals surface area contributed by atoms with Crippen molar-refractivity contribution < 1.29 is 0 Å². The highest BCUT2D eigenvalue weighted by molar-refractivity contribution is 6.10. The molecule has 0 spiro atoms. The molecule has 4 nitrogen and oxygen atoms in total. The van der Waals surface area contributed by atoms with Gasteiger partial charge in [-0.1, -0.05) is 60.7 Å². The summed E-state index contributed by atoms with van der Waals surface area (Å²) in [5, 5.41) is 13.9. The molecule has 0 N–H and O–H groups in total. The molecule has 0 radical (unpaired) electrons. The van der Waals surface area contributed by atoms with E-state index < -0.39 is 0 Å². The molecule has 6 aromatic rings. The van der Waals surface area contributed by atoms with Crippen molar-refractivity contribution >= 4 is 21.5 Å². The third-order valence-corrected chi connectivity index (χ3v) is 5.57. The Hall–Kier alpha value is -4.18. The molecule has 0 aliphatic carbocycles. The van der Waals surface area contributed by atoms with E-state index in [2.05, 4.69) is 83.0 Å². The van der Waals surface area contributed by atoms with E-state index in [1.807, 2.05) is 46.3 Å². The van der Waals surface area contributed by atoms with Gasteiger partial charge in [-0.25, -0.2) is 9.36 Å². The Morgan fingerprint density at radius 1 is 0.467 bits per heavy atom. The van der Waals surface area contributed by atoms with Gasteiger partial charge < -0.3 is 0 Å². The standard InChI is InChI=1S/C26H18N4/c1-3-9-21-19(7-1)11-13-23(29-17-5-15-27-29)25(21)26-22-10-4-2-8-20(22)12-14-24(26)30-18-6-16-28-30/h1-18H. The summed E-state index contributed by atoms with van der Waals surface area (Å²) in [5.41, 5.74) is 4.39. The highest BCUT2D eigenvalue weighted by atomic mass is 15.3. The third kappa shape index (κ3) is 2.54. The number of fused-ring (bicyclic) bond motifs is 2. The Balaban J connectivity index is 1.83. The fourth-order valence-electron chi connectivity index (χ4n) is 4.25. The van der Waals surface area contributed by atoms with Crippen LogP contribution in [0.25, 0.3) is 44.0 Å². The fraction of sp³-hybridized carbons (Fsp3) is 0. The van der Waals surface area contributed by atoms with E-state index >= 15 is 0 Å². The summed E-state index contributed by atoms with van der Waals surface area (Å²) in [4.78, 5) is 0. The molecule has 0 aliphatic heterocycles. The van der Waals surface area contributed by atoms with Crippen LogP contribution in [-0.4, -0.2) is 19.6 Å². The monoisotopic (exact) mass is 386 g/mol. The highest BCUT2D eigenvalue weighted by Gasteiger charge is 2.19. The molecule has 4 heteroatoms. The molecule has 0 bridgehead atoms. The Morgan fingerprint density at radius 3 is 1.37 bits per heavy atom. The summed E-state index contributed by atoms with van der Waals surface area (Å²) in [5.74, 6) is 0. The van der Waals surface area contributed by atoms with E-state index in [1.165, 1.54) is 21.5 Å². The first-order valence-electron chi connectivity index (χ1n) is 9.94. The lowest BCUT2D eigenvalue weighted by molar-refractivity contribution is 0.875. The minimum atomic E-state index is 1.04. The number of benzene rings is 4. The first kappa shape index (κ1) is 16.7. The molecule has 0 saturated heterocycles. The Labute approximate surface area is 173 Å². The average Bonchev–Trinajstić information content (AvgIpc) is 3.52. The lowest BCUT2D eigenvalue weighted by atomic mass is 9.91. The van der Waals surface area contributed by atoms with Crippen molar-refractivity contribution in [2.24, 2.45) is 0 Å². The lowest BCUT2D eigenvalue weighted by Gasteiger charge is -2.19. The van der Waals surface area contributed by atoms with E-state index in [-0.39, 0.29) is 0 Å². The van der Waals surface area contributed by atoms with Crippen molar-refractivity contribution in [1.82, 2.24) is 19.6 Å². The maximum atomic E-state index is 4.55. The summed E-state index contributed by atoms with van der Waals surface area (Å²) in [6.45, 7) is 0. The van der Waals surface area contributed by atoms with Crippen LogP contribution in [0.2, 0.25) is 0 Å². The van der Waals surface area contributed by atoms with Gasteiger partial charge in [0.25, 0.3) is 0 Å². The fourth-order valence-corrected chi connectivity index (χ4v) is 4.25. The minimum absolute atomic E-state index is 1.04. The maximum absolute atomic E-state index is 4.55. The topological polar surface area (TPSA) is 35.6 Å². The van der Waals surface area contributed by atoms with Crippen molar-refractivity contribution in [2.45, 2.75) is 0 Å². The molecule has 0 unspecified atom stereocenters. The molecule has 0 amide bonds. The van der Waals surface area contributed by atoms with Crippen molar-refractivity contribution in [2.75, 3.05) is 0 Å². The zero-order valence-corrected chi connectivity index (χ0v) is 16.2. The summed E-state index contributed by atoms with van der Waals surface area (Å²) in [6.07, 6.45) is 7.62. The van der Waals surface area contributed by atoms with Gasteiger partial charge in [0, 0.05) is 35.9 Å². The Kier molecular flexibility index (Phi) is 3.74. The van der Waals surface area contributed by atoms with Crippen LogP contribution >= 0.6 is 0 Å². The van der Waals surface area contributed by atoms with Crippen LogP contribution in [-0.2, 0) is 0 Å². The Morgan fingerprint density at radius 2 is 0.933 bits per heavy atom. The summed E-state index contributed by atoms with van der Waals surface area (Å²) in [7, 11) is 0. The largest absolute Gasteiger partial charge is 0.240 e. The lowest BCUT2D eigenvalue weighted by Crippen LogP contribution is -2.03. The molecule has 4 aromatic carbocycles. The van der Waals surface area contributed by atoms with E-state index in [4.69, 9.17) is 0 Å². The molecule has 2 aromatic heterocycles. The molecule has 2 heterocycles. The van der Waals surface area contributed by atoms with Gasteiger partial charge in [0.15, 0.2) is 0 Å². The van der Waals surface area contributed by atoms with E-state index in [0.29, 0.717) is 0 Å². The van der Waals surface area contributed by atoms with E-state index in [9.17, 15) is 0 Å². The molecular formula is C26H18N4. The van der Waals surface area contributed by atoms with Gasteiger partial charge in [-0.05, 0) is 45.8 Å². The summed E-state index contributed by atoms with van der Waals surface area (Å²) >= 11 is 0. The molecule has 0 atom stereocenters. The summed E-state index contributed by atoms with van der Waals surface area (Å²) in [6, 6.07) is 29.6. The van der Waals surface area contributed by atoms with Gasteiger partial charge in [-0.3, -0.25) is 0 Å². The van der Waals surface area contributed by atoms with Gasteiger partial charge in [-0.2, -0.15) is 10.2 Å². The number of aromatic nitrogens is 4. The molecule has 30 heavy (non-hydrogen) atoms. The normalized spacial score (nSPS) is 11.3. The van der Waals surface area contributed by atoms with Crippen LogP contribution in [0, 0.1) is 0 Å². The predicted molar refractivity (Wildman–Crippen MR) is 121 cm³/mol. The first-order chi connectivity index (χ1) is 14.9. The van der Waals surface area contributed by atoms with Gasteiger partial charge in [0.05, 0.1) is 11.4 Å². The van der Waals surface area contributed by atoms with Gasteiger partial charge in [-0.15, -0.1) is 0 Å².